The fraction of sp³-hybridized carbons (Fsp3) is 0.467. The molecule has 1 heterocycles. The molecule has 1 unspecified atom stereocenters. The smallest absolute Gasteiger partial charge is 0.407 e. The van der Waals surface area contributed by atoms with E-state index in [0.717, 1.165) is 0 Å². The number of non-ortho nitro benzene ring substituents is 1. The van der Waals surface area contributed by atoms with Crippen molar-refractivity contribution in [1.29, 1.82) is 0 Å². The SMILES string of the molecule is O=C(OC1C[C@@H]2CN(C(=O)O)C[C@@H]2C1)c1ccc([N+](=O)[O-])cc1. The summed E-state index contributed by atoms with van der Waals surface area (Å²) in [6.07, 6.45) is 0.197. The van der Waals surface area contributed by atoms with E-state index in [0.29, 0.717) is 25.9 Å². The van der Waals surface area contributed by atoms with Crippen molar-refractivity contribution in [1.82, 2.24) is 4.90 Å². The van der Waals surface area contributed by atoms with Crippen LogP contribution in [0.4, 0.5) is 10.5 Å². The molecular formula is C15H16N2O6. The van der Waals surface area contributed by atoms with Crippen LogP contribution in [0.5, 0.6) is 0 Å². The Morgan fingerprint density at radius 1 is 1.17 bits per heavy atom. The maximum Gasteiger partial charge on any atom is 0.407 e. The lowest BCUT2D eigenvalue weighted by atomic mass is 10.0. The first-order valence-electron chi connectivity index (χ1n) is 7.37. The highest BCUT2D eigenvalue weighted by Gasteiger charge is 2.43. The number of ether oxygens (including phenoxy) is 1. The molecule has 3 rings (SSSR count). The van der Waals surface area contributed by atoms with Crippen LogP contribution in [0, 0.1) is 22.0 Å². The number of likely N-dealkylation sites (tertiary alicyclic amines) is 1. The molecule has 1 aliphatic heterocycles. The number of carbonyl (C=O) groups is 2. The van der Waals surface area contributed by atoms with E-state index < -0.39 is 17.0 Å². The van der Waals surface area contributed by atoms with Crippen LogP contribution in [0.25, 0.3) is 0 Å². The van der Waals surface area contributed by atoms with Gasteiger partial charge in [0.05, 0.1) is 10.5 Å². The normalized spacial score (nSPS) is 25.9. The number of carboxylic acid groups (broad SMARTS) is 1. The third kappa shape index (κ3) is 3.10. The van der Waals surface area contributed by atoms with E-state index in [-0.39, 0.29) is 29.2 Å². The summed E-state index contributed by atoms with van der Waals surface area (Å²) in [4.78, 5) is 34.5. The Balaban J connectivity index is 1.56. The first-order valence-corrected chi connectivity index (χ1v) is 7.37. The summed E-state index contributed by atoms with van der Waals surface area (Å²) in [5.74, 6) is -0.0264. The second-order valence-electron chi connectivity index (χ2n) is 6.01. The maximum atomic E-state index is 12.1. The number of hydrogen-bond acceptors (Lipinski definition) is 5. The minimum absolute atomic E-state index is 0.0780. The Morgan fingerprint density at radius 3 is 2.22 bits per heavy atom. The van der Waals surface area contributed by atoms with Crippen molar-refractivity contribution in [3.05, 3.63) is 39.9 Å². The molecule has 1 aromatic rings. The lowest BCUT2D eigenvalue weighted by molar-refractivity contribution is -0.384. The van der Waals surface area contributed by atoms with Gasteiger partial charge in [-0.2, -0.15) is 0 Å². The zero-order chi connectivity index (χ0) is 16.6. The molecule has 1 aromatic carbocycles. The van der Waals surface area contributed by atoms with Crippen LogP contribution in [-0.4, -0.2) is 46.2 Å². The van der Waals surface area contributed by atoms with Gasteiger partial charge in [-0.3, -0.25) is 10.1 Å². The lowest BCUT2D eigenvalue weighted by Gasteiger charge is -2.16. The molecule has 122 valence electrons. The predicted octanol–water partition coefficient (Wildman–Crippen LogP) is 2.14. The monoisotopic (exact) mass is 320 g/mol. The van der Waals surface area contributed by atoms with Gasteiger partial charge in [-0.05, 0) is 36.8 Å². The van der Waals surface area contributed by atoms with Crippen LogP contribution >= 0.6 is 0 Å². The van der Waals surface area contributed by atoms with E-state index >= 15 is 0 Å². The molecule has 1 aliphatic carbocycles. The van der Waals surface area contributed by atoms with E-state index in [4.69, 9.17) is 9.84 Å². The molecule has 23 heavy (non-hydrogen) atoms. The van der Waals surface area contributed by atoms with Gasteiger partial charge in [-0.25, -0.2) is 9.59 Å². The number of hydrogen-bond donors (Lipinski definition) is 1. The average Bonchev–Trinajstić information content (AvgIpc) is 3.05. The van der Waals surface area contributed by atoms with Crippen LogP contribution in [0.2, 0.25) is 0 Å². The molecule has 0 spiro atoms. The van der Waals surface area contributed by atoms with Gasteiger partial charge >= 0.3 is 12.1 Å². The van der Waals surface area contributed by atoms with Crippen molar-refractivity contribution in [3.8, 4) is 0 Å². The molecule has 0 aromatic heterocycles. The fourth-order valence-corrected chi connectivity index (χ4v) is 3.44. The van der Waals surface area contributed by atoms with Crippen molar-refractivity contribution in [3.63, 3.8) is 0 Å². The first kappa shape index (κ1) is 15.3. The van der Waals surface area contributed by atoms with Gasteiger partial charge in [0, 0.05) is 25.2 Å². The number of nitro groups is 1. The summed E-state index contributed by atoms with van der Waals surface area (Å²) in [5.41, 5.74) is 0.200. The van der Waals surface area contributed by atoms with Crippen molar-refractivity contribution in [2.75, 3.05) is 13.1 Å². The average molecular weight is 320 g/mol. The number of benzene rings is 1. The molecule has 1 saturated carbocycles. The molecule has 2 aliphatic rings. The molecular weight excluding hydrogens is 304 g/mol. The first-order chi connectivity index (χ1) is 10.9. The van der Waals surface area contributed by atoms with Crippen molar-refractivity contribution >= 4 is 17.7 Å². The minimum atomic E-state index is -0.904. The van der Waals surface area contributed by atoms with Gasteiger partial charge in [0.15, 0.2) is 0 Å². The molecule has 0 radical (unpaired) electrons. The molecule has 1 saturated heterocycles. The highest BCUT2D eigenvalue weighted by molar-refractivity contribution is 5.89. The van der Waals surface area contributed by atoms with Gasteiger partial charge in [-0.15, -0.1) is 0 Å². The van der Waals surface area contributed by atoms with E-state index in [2.05, 4.69) is 0 Å². The summed E-state index contributed by atoms with van der Waals surface area (Å²) in [6, 6.07) is 5.29. The predicted molar refractivity (Wildman–Crippen MR) is 78.1 cm³/mol. The highest BCUT2D eigenvalue weighted by atomic mass is 16.6. The Bertz CT molecular complexity index is 630. The standard InChI is InChI=1S/C15H16N2O6/c18-14(9-1-3-12(4-2-9)17(21)22)23-13-5-10-7-16(15(19)20)8-11(10)6-13/h1-4,10-11,13H,5-8H2,(H,19,20)/t10-,11+,13?. The Hall–Kier alpha value is -2.64. The van der Waals surface area contributed by atoms with Crippen LogP contribution in [0.3, 0.4) is 0 Å². The topological polar surface area (TPSA) is 110 Å². The molecule has 1 amide bonds. The third-order valence-electron chi connectivity index (χ3n) is 4.57. The lowest BCUT2D eigenvalue weighted by Crippen LogP contribution is -2.29. The zero-order valence-electron chi connectivity index (χ0n) is 12.3. The van der Waals surface area contributed by atoms with Crippen molar-refractivity contribution in [2.45, 2.75) is 18.9 Å². The van der Waals surface area contributed by atoms with Crippen LogP contribution in [0.15, 0.2) is 24.3 Å². The summed E-state index contributed by atoms with van der Waals surface area (Å²) >= 11 is 0. The summed E-state index contributed by atoms with van der Waals surface area (Å²) < 4.78 is 5.46. The molecule has 0 bridgehead atoms. The number of fused-ring (bicyclic) bond motifs is 1. The van der Waals surface area contributed by atoms with E-state index in [1.54, 1.807) is 0 Å². The van der Waals surface area contributed by atoms with Gasteiger partial charge in [0.1, 0.15) is 6.10 Å². The minimum Gasteiger partial charge on any atom is -0.465 e. The maximum absolute atomic E-state index is 12.1. The zero-order valence-corrected chi connectivity index (χ0v) is 12.3. The largest absolute Gasteiger partial charge is 0.465 e. The molecule has 1 N–H and O–H groups in total. The van der Waals surface area contributed by atoms with E-state index in [1.807, 2.05) is 0 Å². The quantitative estimate of drug-likeness (QED) is 0.519. The van der Waals surface area contributed by atoms with Crippen LogP contribution in [0.1, 0.15) is 23.2 Å². The second-order valence-corrected chi connectivity index (χ2v) is 6.01. The fourth-order valence-electron chi connectivity index (χ4n) is 3.44. The van der Waals surface area contributed by atoms with Gasteiger partial charge in [0.2, 0.25) is 0 Å². The van der Waals surface area contributed by atoms with E-state index in [9.17, 15) is 19.7 Å². The van der Waals surface area contributed by atoms with Crippen LogP contribution < -0.4 is 0 Å². The molecule has 8 heteroatoms. The number of rotatable bonds is 3. The van der Waals surface area contributed by atoms with E-state index in [1.165, 1.54) is 29.2 Å². The third-order valence-corrected chi connectivity index (χ3v) is 4.57. The Morgan fingerprint density at radius 2 is 1.74 bits per heavy atom. The number of nitrogens with zero attached hydrogens (tertiary/aromatic N) is 2. The van der Waals surface area contributed by atoms with Gasteiger partial charge in [0.25, 0.3) is 5.69 Å². The van der Waals surface area contributed by atoms with Crippen molar-refractivity contribution < 1.29 is 24.4 Å². The Labute approximate surface area is 131 Å². The summed E-state index contributed by atoms with van der Waals surface area (Å²) in [5, 5.41) is 19.6. The van der Waals surface area contributed by atoms with Gasteiger partial charge < -0.3 is 14.7 Å². The second kappa shape index (κ2) is 5.86. The van der Waals surface area contributed by atoms with Gasteiger partial charge in [-0.1, -0.05) is 0 Å². The molecule has 8 nitrogen and oxygen atoms in total. The number of carbonyl (C=O) groups excluding carboxylic acids is 1. The highest BCUT2D eigenvalue weighted by Crippen LogP contribution is 2.39. The summed E-state index contributed by atoms with van der Waals surface area (Å²) in [6.45, 7) is 0.983. The van der Waals surface area contributed by atoms with Crippen molar-refractivity contribution in [2.24, 2.45) is 11.8 Å². The number of amides is 1. The van der Waals surface area contributed by atoms with Crippen LogP contribution in [-0.2, 0) is 4.74 Å². The molecule has 3 atom stereocenters. The Kier molecular flexibility index (Phi) is 3.89. The molecule has 2 fully saturated rings. The summed E-state index contributed by atoms with van der Waals surface area (Å²) in [7, 11) is 0. The number of esters is 1. The number of nitro benzene ring substituents is 1.